The van der Waals surface area contributed by atoms with E-state index in [-0.39, 0.29) is 23.8 Å². The summed E-state index contributed by atoms with van der Waals surface area (Å²) in [5.41, 5.74) is 0. The number of piperidine rings is 1. The first-order valence-corrected chi connectivity index (χ1v) is 7.95. The van der Waals surface area contributed by atoms with E-state index in [1.807, 2.05) is 0 Å². The van der Waals surface area contributed by atoms with Crippen LogP contribution in [0.25, 0.3) is 0 Å². The number of amides is 2. The molecular weight excluding hydrogens is 284 g/mol. The molecule has 0 spiro atoms. The van der Waals surface area contributed by atoms with Crippen molar-refractivity contribution in [3.05, 3.63) is 24.2 Å². The molecule has 22 heavy (non-hydrogen) atoms. The number of hydrogen-bond acceptors (Lipinski definition) is 4. The molecule has 6 heteroatoms. The van der Waals surface area contributed by atoms with Crippen molar-refractivity contribution in [1.82, 2.24) is 10.2 Å². The van der Waals surface area contributed by atoms with Gasteiger partial charge in [0, 0.05) is 38.3 Å². The topological polar surface area (TPSA) is 71.8 Å². The van der Waals surface area contributed by atoms with Gasteiger partial charge in [0.25, 0.3) is 5.91 Å². The highest BCUT2D eigenvalue weighted by Gasteiger charge is 2.29. The van der Waals surface area contributed by atoms with Crippen LogP contribution in [0.1, 0.15) is 36.2 Å². The summed E-state index contributed by atoms with van der Waals surface area (Å²) in [6.07, 6.45) is 4.88. The second kappa shape index (κ2) is 6.96. The molecule has 2 aliphatic heterocycles. The highest BCUT2D eigenvalue weighted by Crippen LogP contribution is 2.18. The quantitative estimate of drug-likeness (QED) is 0.917. The van der Waals surface area contributed by atoms with Crippen molar-refractivity contribution in [1.29, 1.82) is 0 Å². The third-order valence-corrected chi connectivity index (χ3v) is 4.38. The molecule has 1 atom stereocenters. The third-order valence-electron chi connectivity index (χ3n) is 4.38. The summed E-state index contributed by atoms with van der Waals surface area (Å²) < 4.78 is 10.5. The maximum atomic E-state index is 12.3. The third kappa shape index (κ3) is 3.50. The van der Waals surface area contributed by atoms with Crippen LogP contribution in [0.15, 0.2) is 22.8 Å². The lowest BCUT2D eigenvalue weighted by molar-refractivity contribution is -0.128. The Labute approximate surface area is 129 Å². The Balaban J connectivity index is 1.54. The first kappa shape index (κ1) is 15.1. The van der Waals surface area contributed by atoms with Gasteiger partial charge in [0.1, 0.15) is 0 Å². The summed E-state index contributed by atoms with van der Waals surface area (Å²) >= 11 is 0. The highest BCUT2D eigenvalue weighted by atomic mass is 16.5. The van der Waals surface area contributed by atoms with Gasteiger partial charge in [-0.05, 0) is 37.8 Å². The maximum Gasteiger partial charge on any atom is 0.289 e. The van der Waals surface area contributed by atoms with Gasteiger partial charge in [-0.15, -0.1) is 0 Å². The number of likely N-dealkylation sites (tertiary alicyclic amines) is 1. The standard InChI is InChI=1S/C16H22N2O4/c19-15(12-5-9-21-10-6-12)17-13-3-1-7-18(11-13)16(20)14-4-2-8-22-14/h2,4,8,12-13H,1,3,5-7,9-11H2,(H,17,19). The van der Waals surface area contributed by atoms with Gasteiger partial charge in [-0.1, -0.05) is 0 Å². The molecule has 0 radical (unpaired) electrons. The molecule has 2 fully saturated rings. The van der Waals surface area contributed by atoms with Gasteiger partial charge in [-0.3, -0.25) is 9.59 Å². The van der Waals surface area contributed by atoms with Crippen LogP contribution in [0.3, 0.4) is 0 Å². The normalized spacial score (nSPS) is 23.3. The molecule has 1 aromatic rings. The molecule has 2 aliphatic rings. The number of carbonyl (C=O) groups is 2. The van der Waals surface area contributed by atoms with E-state index >= 15 is 0 Å². The van der Waals surface area contributed by atoms with Crippen LogP contribution in [0, 0.1) is 5.92 Å². The zero-order valence-corrected chi connectivity index (χ0v) is 12.6. The Bertz CT molecular complexity index is 508. The van der Waals surface area contributed by atoms with Crippen LogP contribution in [0.5, 0.6) is 0 Å². The summed E-state index contributed by atoms with van der Waals surface area (Å²) in [6.45, 7) is 2.58. The van der Waals surface area contributed by atoms with Gasteiger partial charge in [0.05, 0.1) is 6.26 Å². The number of ether oxygens (including phenoxy) is 1. The smallest absolute Gasteiger partial charge is 0.289 e. The molecule has 0 saturated carbocycles. The van der Waals surface area contributed by atoms with Gasteiger partial charge < -0.3 is 19.4 Å². The van der Waals surface area contributed by atoms with Crippen molar-refractivity contribution in [2.24, 2.45) is 5.92 Å². The summed E-state index contributed by atoms with van der Waals surface area (Å²) in [5.74, 6) is 0.400. The first-order chi connectivity index (χ1) is 10.7. The average molecular weight is 306 g/mol. The van der Waals surface area contributed by atoms with Crippen LogP contribution in [0.4, 0.5) is 0 Å². The molecule has 6 nitrogen and oxygen atoms in total. The van der Waals surface area contributed by atoms with Crippen molar-refractivity contribution in [2.45, 2.75) is 31.7 Å². The van der Waals surface area contributed by atoms with E-state index in [1.165, 1.54) is 6.26 Å². The Hall–Kier alpha value is -1.82. The van der Waals surface area contributed by atoms with Crippen LogP contribution >= 0.6 is 0 Å². The zero-order chi connectivity index (χ0) is 15.4. The van der Waals surface area contributed by atoms with Gasteiger partial charge in [-0.25, -0.2) is 0 Å². The van der Waals surface area contributed by atoms with Gasteiger partial charge in [-0.2, -0.15) is 0 Å². The van der Waals surface area contributed by atoms with Gasteiger partial charge in [0.2, 0.25) is 5.91 Å². The van der Waals surface area contributed by atoms with E-state index in [0.717, 1.165) is 25.7 Å². The Morgan fingerprint density at radius 3 is 2.77 bits per heavy atom. The Morgan fingerprint density at radius 2 is 2.05 bits per heavy atom. The minimum atomic E-state index is -0.102. The summed E-state index contributed by atoms with van der Waals surface area (Å²) in [6, 6.07) is 3.41. The molecule has 0 aliphatic carbocycles. The van der Waals surface area contributed by atoms with E-state index in [4.69, 9.17) is 9.15 Å². The molecule has 2 amide bonds. The van der Waals surface area contributed by atoms with E-state index in [9.17, 15) is 9.59 Å². The molecule has 1 unspecified atom stereocenters. The SMILES string of the molecule is O=C(NC1CCCN(C(=O)c2ccco2)C1)C1CCOCC1. The fourth-order valence-corrected chi connectivity index (χ4v) is 3.11. The zero-order valence-electron chi connectivity index (χ0n) is 12.6. The number of carbonyl (C=O) groups excluding carboxylic acids is 2. The van der Waals surface area contributed by atoms with E-state index in [1.54, 1.807) is 17.0 Å². The maximum absolute atomic E-state index is 12.3. The van der Waals surface area contributed by atoms with Crippen LogP contribution in [0.2, 0.25) is 0 Å². The lowest BCUT2D eigenvalue weighted by Crippen LogP contribution is -2.51. The van der Waals surface area contributed by atoms with Gasteiger partial charge >= 0.3 is 0 Å². The second-order valence-corrected chi connectivity index (χ2v) is 5.96. The van der Waals surface area contributed by atoms with E-state index in [2.05, 4.69) is 5.32 Å². The Kier molecular flexibility index (Phi) is 4.77. The minimum absolute atomic E-state index is 0.0306. The van der Waals surface area contributed by atoms with Crippen molar-refractivity contribution in [2.75, 3.05) is 26.3 Å². The average Bonchev–Trinajstić information content (AvgIpc) is 3.09. The second-order valence-electron chi connectivity index (χ2n) is 5.96. The molecule has 1 N–H and O–H groups in total. The monoisotopic (exact) mass is 306 g/mol. The minimum Gasteiger partial charge on any atom is -0.459 e. The van der Waals surface area contributed by atoms with Gasteiger partial charge in [0.15, 0.2) is 5.76 Å². The molecule has 120 valence electrons. The van der Waals surface area contributed by atoms with Crippen molar-refractivity contribution in [3.63, 3.8) is 0 Å². The van der Waals surface area contributed by atoms with Crippen molar-refractivity contribution >= 4 is 11.8 Å². The van der Waals surface area contributed by atoms with Crippen LogP contribution in [-0.2, 0) is 9.53 Å². The van der Waals surface area contributed by atoms with Crippen LogP contribution in [-0.4, -0.2) is 49.1 Å². The summed E-state index contributed by atoms with van der Waals surface area (Å²) in [5, 5.41) is 3.10. The van der Waals surface area contributed by atoms with E-state index in [0.29, 0.717) is 32.1 Å². The molecule has 2 saturated heterocycles. The lowest BCUT2D eigenvalue weighted by atomic mass is 9.97. The number of nitrogens with zero attached hydrogens (tertiary/aromatic N) is 1. The number of nitrogens with one attached hydrogen (secondary N) is 1. The summed E-state index contributed by atoms with van der Waals surface area (Å²) in [4.78, 5) is 26.3. The van der Waals surface area contributed by atoms with E-state index < -0.39 is 0 Å². The molecule has 1 aromatic heterocycles. The number of hydrogen-bond donors (Lipinski definition) is 1. The molecule has 3 rings (SSSR count). The fraction of sp³-hybridized carbons (Fsp3) is 0.625. The fourth-order valence-electron chi connectivity index (χ4n) is 3.11. The lowest BCUT2D eigenvalue weighted by Gasteiger charge is -2.33. The molecule has 0 bridgehead atoms. The largest absolute Gasteiger partial charge is 0.459 e. The predicted molar refractivity (Wildman–Crippen MR) is 79.3 cm³/mol. The van der Waals surface area contributed by atoms with Crippen molar-refractivity contribution < 1.29 is 18.7 Å². The first-order valence-electron chi connectivity index (χ1n) is 7.95. The highest BCUT2D eigenvalue weighted by molar-refractivity contribution is 5.91. The Morgan fingerprint density at radius 1 is 1.23 bits per heavy atom. The molecule has 0 aromatic carbocycles. The number of furan rings is 1. The summed E-state index contributed by atoms with van der Waals surface area (Å²) in [7, 11) is 0. The van der Waals surface area contributed by atoms with Crippen LogP contribution < -0.4 is 5.32 Å². The molecule has 3 heterocycles. The predicted octanol–water partition coefficient (Wildman–Crippen LogP) is 1.43. The number of rotatable bonds is 3. The molecular formula is C16H22N2O4. The van der Waals surface area contributed by atoms with Crippen molar-refractivity contribution in [3.8, 4) is 0 Å².